The van der Waals surface area contributed by atoms with Crippen molar-refractivity contribution in [1.29, 1.82) is 0 Å². The summed E-state index contributed by atoms with van der Waals surface area (Å²) in [6.07, 6.45) is 0.217. The smallest absolute Gasteiger partial charge is 0.279 e. The van der Waals surface area contributed by atoms with E-state index in [1.54, 1.807) is 12.1 Å². The van der Waals surface area contributed by atoms with Crippen molar-refractivity contribution in [1.82, 2.24) is 5.32 Å². The lowest BCUT2D eigenvalue weighted by molar-refractivity contribution is 0.0980. The van der Waals surface area contributed by atoms with Crippen LogP contribution in [-0.4, -0.2) is 23.4 Å². The summed E-state index contributed by atoms with van der Waals surface area (Å²) in [5, 5.41) is 2.81. The van der Waals surface area contributed by atoms with E-state index in [9.17, 15) is 9.59 Å². The fraction of sp³-hybridized carbons (Fsp3) is 0.0833. The van der Waals surface area contributed by atoms with Gasteiger partial charge in [0.2, 0.25) is 0 Å². The minimum Gasteiger partial charge on any atom is -0.306 e. The first-order valence-electron chi connectivity index (χ1n) is 10.3. The second-order valence-electron chi connectivity index (χ2n) is 8.03. The van der Waals surface area contributed by atoms with E-state index in [-0.39, 0.29) is 69.1 Å². The van der Waals surface area contributed by atoms with E-state index < -0.39 is 11.8 Å². The molecule has 5 nitrogen and oxygen atoms in total. The lowest BCUT2D eigenvalue weighted by atomic mass is 9.96. The highest BCUT2D eigenvalue weighted by atomic mass is 35.5. The fourth-order valence-electron chi connectivity index (χ4n) is 4.13. The molecule has 0 aromatic heterocycles. The van der Waals surface area contributed by atoms with Crippen molar-refractivity contribution < 1.29 is 9.59 Å². The standard InChI is InChI=1S/C24H9Cl8N3O2/c1-6-7(5-9-10-12(23(36)34-9)16(27)20(31)18(29)14(10)25)3-2-4-8(6)33-22-11-13(24(37)35-22)17(28)21(32)19(30)15(11)26/h2-4H,5H2,1H3,(H,33,35,37). The summed E-state index contributed by atoms with van der Waals surface area (Å²) < 4.78 is 0. The second kappa shape index (κ2) is 9.89. The van der Waals surface area contributed by atoms with Gasteiger partial charge in [0.05, 0.1) is 68.3 Å². The monoisotopic (exact) mass is 651 g/mol. The molecule has 2 aliphatic heterocycles. The van der Waals surface area contributed by atoms with E-state index >= 15 is 0 Å². The number of hydrogen-bond donors (Lipinski definition) is 1. The van der Waals surface area contributed by atoms with Crippen molar-refractivity contribution in [3.05, 3.63) is 91.8 Å². The molecule has 1 N–H and O–H groups in total. The summed E-state index contributed by atoms with van der Waals surface area (Å²) in [5.74, 6) is -0.900. The van der Waals surface area contributed by atoms with Crippen LogP contribution in [0.1, 0.15) is 43.0 Å². The summed E-state index contributed by atoms with van der Waals surface area (Å²) >= 11 is 50.0. The van der Waals surface area contributed by atoms with Crippen LogP contribution in [0.5, 0.6) is 0 Å². The van der Waals surface area contributed by atoms with Crippen LogP contribution >= 0.6 is 92.8 Å². The van der Waals surface area contributed by atoms with Gasteiger partial charge in [-0.2, -0.15) is 0 Å². The molecule has 0 aliphatic carbocycles. The molecule has 37 heavy (non-hydrogen) atoms. The van der Waals surface area contributed by atoms with Gasteiger partial charge in [0.15, 0.2) is 0 Å². The van der Waals surface area contributed by atoms with Crippen molar-refractivity contribution in [2.75, 3.05) is 0 Å². The molecule has 0 radical (unpaired) electrons. The molecule has 2 heterocycles. The van der Waals surface area contributed by atoms with E-state index in [1.165, 1.54) is 0 Å². The maximum atomic E-state index is 12.6. The minimum atomic E-state index is -0.558. The van der Waals surface area contributed by atoms with Crippen LogP contribution in [0.25, 0.3) is 0 Å². The van der Waals surface area contributed by atoms with E-state index in [4.69, 9.17) is 92.8 Å². The van der Waals surface area contributed by atoms with Crippen LogP contribution in [0.2, 0.25) is 40.2 Å². The summed E-state index contributed by atoms with van der Waals surface area (Å²) in [4.78, 5) is 34.0. The fourth-order valence-corrected chi connectivity index (χ4v) is 6.20. The van der Waals surface area contributed by atoms with Crippen molar-refractivity contribution in [3.8, 4) is 0 Å². The van der Waals surface area contributed by atoms with Gasteiger partial charge in [-0.1, -0.05) is 105 Å². The maximum absolute atomic E-state index is 12.6. The summed E-state index contributed by atoms with van der Waals surface area (Å²) in [7, 11) is 0. The third kappa shape index (κ3) is 4.25. The number of fused-ring (bicyclic) bond motifs is 2. The molecule has 3 aromatic rings. The number of aliphatic imine (C=N–C) groups is 2. The molecule has 188 valence electrons. The van der Waals surface area contributed by atoms with Gasteiger partial charge in [-0.25, -0.2) is 9.98 Å². The number of halogens is 8. The van der Waals surface area contributed by atoms with E-state index in [0.717, 1.165) is 11.1 Å². The zero-order valence-corrected chi connectivity index (χ0v) is 24.2. The number of nitrogens with zero attached hydrogens (tertiary/aromatic N) is 2. The number of amidine groups is 1. The van der Waals surface area contributed by atoms with Crippen molar-refractivity contribution in [2.24, 2.45) is 9.98 Å². The highest BCUT2D eigenvalue weighted by Crippen LogP contribution is 2.45. The zero-order chi connectivity index (χ0) is 26.9. The highest BCUT2D eigenvalue weighted by Gasteiger charge is 2.35. The number of rotatable bonds is 3. The molecule has 0 fully saturated rings. The van der Waals surface area contributed by atoms with Crippen molar-refractivity contribution in [3.63, 3.8) is 0 Å². The Balaban J connectivity index is 1.58. The Morgan fingerprint density at radius 1 is 0.730 bits per heavy atom. The molecule has 5 rings (SSSR count). The van der Waals surface area contributed by atoms with Crippen LogP contribution in [0.3, 0.4) is 0 Å². The molecular weight excluding hydrogens is 646 g/mol. The number of amides is 2. The van der Waals surface area contributed by atoms with Crippen molar-refractivity contribution in [2.45, 2.75) is 13.3 Å². The number of nitrogens with one attached hydrogen (secondary N) is 1. The third-order valence-corrected chi connectivity index (χ3v) is 9.58. The average molecular weight is 655 g/mol. The number of hydrogen-bond acceptors (Lipinski definition) is 3. The number of carbonyl (C=O) groups excluding carboxylic acids is 2. The molecule has 3 aromatic carbocycles. The molecule has 0 saturated carbocycles. The van der Waals surface area contributed by atoms with Gasteiger partial charge in [0, 0.05) is 12.0 Å². The summed E-state index contributed by atoms with van der Waals surface area (Å²) in [6.45, 7) is 1.83. The largest absolute Gasteiger partial charge is 0.306 e. The minimum absolute atomic E-state index is 0.00312. The van der Waals surface area contributed by atoms with Gasteiger partial charge in [-0.15, -0.1) is 0 Å². The van der Waals surface area contributed by atoms with Crippen molar-refractivity contribution >= 4 is 122 Å². The molecule has 13 heteroatoms. The quantitative estimate of drug-likeness (QED) is 0.226. The van der Waals surface area contributed by atoms with Crippen LogP contribution in [0.15, 0.2) is 28.2 Å². The first kappa shape index (κ1) is 27.0. The summed E-state index contributed by atoms with van der Waals surface area (Å²) in [6, 6.07) is 5.36. The topological polar surface area (TPSA) is 70.9 Å². The summed E-state index contributed by atoms with van der Waals surface area (Å²) in [5.41, 5.74) is 3.21. The average Bonchev–Trinajstić information content (AvgIpc) is 3.36. The van der Waals surface area contributed by atoms with Gasteiger partial charge < -0.3 is 5.32 Å². The van der Waals surface area contributed by atoms with Gasteiger partial charge >= 0.3 is 0 Å². The molecule has 0 saturated heterocycles. The Morgan fingerprint density at radius 3 is 1.89 bits per heavy atom. The van der Waals surface area contributed by atoms with Gasteiger partial charge in [0.1, 0.15) is 5.84 Å². The van der Waals surface area contributed by atoms with Gasteiger partial charge in [0.25, 0.3) is 11.8 Å². The maximum Gasteiger partial charge on any atom is 0.279 e. The Morgan fingerprint density at radius 2 is 1.27 bits per heavy atom. The molecule has 0 bridgehead atoms. The molecule has 0 atom stereocenters. The molecule has 0 spiro atoms. The first-order chi connectivity index (χ1) is 17.4. The van der Waals surface area contributed by atoms with E-state index in [0.29, 0.717) is 17.0 Å². The number of carbonyl (C=O) groups is 2. The second-order valence-corrected chi connectivity index (χ2v) is 11.1. The zero-order valence-electron chi connectivity index (χ0n) is 18.2. The Kier molecular flexibility index (Phi) is 7.23. The molecule has 2 amide bonds. The van der Waals surface area contributed by atoms with Gasteiger partial charge in [-0.05, 0) is 24.1 Å². The van der Waals surface area contributed by atoms with Crippen LogP contribution in [0.4, 0.5) is 5.69 Å². The first-order valence-corrected chi connectivity index (χ1v) is 13.3. The normalized spacial score (nSPS) is 15.3. The Bertz CT molecular complexity index is 1660. The van der Waals surface area contributed by atoms with Crippen LogP contribution < -0.4 is 5.32 Å². The lowest BCUT2D eigenvalue weighted by Gasteiger charge is -2.13. The lowest BCUT2D eigenvalue weighted by Crippen LogP contribution is -2.21. The molecule has 2 aliphatic rings. The van der Waals surface area contributed by atoms with Crippen LogP contribution in [0, 0.1) is 6.92 Å². The van der Waals surface area contributed by atoms with E-state index in [1.807, 2.05) is 13.0 Å². The SMILES string of the molecule is Cc1c(CC2=NC(=O)c3c(Cl)c(Cl)c(Cl)c(Cl)c32)cccc1N=C1NC(=O)c2c(Cl)c(Cl)c(Cl)c(Cl)c21. The predicted molar refractivity (Wildman–Crippen MR) is 152 cm³/mol. The predicted octanol–water partition coefficient (Wildman–Crippen LogP) is 9.23. The highest BCUT2D eigenvalue weighted by molar-refractivity contribution is 6.56. The Hall–Kier alpha value is -1.54. The molecular formula is C24H9Cl8N3O2. The molecule has 0 unspecified atom stereocenters. The van der Waals surface area contributed by atoms with Crippen LogP contribution in [-0.2, 0) is 6.42 Å². The van der Waals surface area contributed by atoms with E-state index in [2.05, 4.69) is 15.3 Å². The Labute approximate surface area is 250 Å². The van der Waals surface area contributed by atoms with Gasteiger partial charge in [-0.3, -0.25) is 9.59 Å². The third-order valence-electron chi connectivity index (χ3n) is 5.98. The number of benzene rings is 3.